The third-order valence-electron chi connectivity index (χ3n) is 4.19. The molecule has 2 atom stereocenters. The fraction of sp³-hybridized carbons (Fsp3) is 0.611. The standard InChI is InChI=1S/C18H30N2O3S/c1-7-9-15(5)19-18(21)17(8-2)20(24(6,22)23)16-11-10-13(3)14(4)12-16/h10-12,15,17H,7-9H2,1-6H3,(H,19,21). The quantitative estimate of drug-likeness (QED) is 0.780. The second-order valence-corrected chi connectivity index (χ2v) is 8.31. The molecule has 0 aliphatic rings. The number of nitrogens with one attached hydrogen (secondary N) is 1. The summed E-state index contributed by atoms with van der Waals surface area (Å²) in [5.74, 6) is -0.248. The molecule has 0 heterocycles. The minimum Gasteiger partial charge on any atom is -0.352 e. The second-order valence-electron chi connectivity index (χ2n) is 6.45. The monoisotopic (exact) mass is 354 g/mol. The number of amides is 1. The number of carbonyl (C=O) groups excluding carboxylic acids is 1. The number of benzene rings is 1. The molecule has 0 bridgehead atoms. The van der Waals surface area contributed by atoms with Crippen LogP contribution < -0.4 is 9.62 Å². The van der Waals surface area contributed by atoms with E-state index in [0.717, 1.165) is 30.2 Å². The maximum atomic E-state index is 12.7. The van der Waals surface area contributed by atoms with Gasteiger partial charge in [-0.2, -0.15) is 0 Å². The number of rotatable bonds is 8. The smallest absolute Gasteiger partial charge is 0.244 e. The van der Waals surface area contributed by atoms with E-state index in [9.17, 15) is 13.2 Å². The first-order valence-electron chi connectivity index (χ1n) is 8.48. The lowest BCUT2D eigenvalue weighted by Gasteiger charge is -2.31. The van der Waals surface area contributed by atoms with Crippen LogP contribution in [0.3, 0.4) is 0 Å². The molecule has 0 spiro atoms. The summed E-state index contributed by atoms with van der Waals surface area (Å²) in [7, 11) is -3.58. The summed E-state index contributed by atoms with van der Waals surface area (Å²) >= 11 is 0. The summed E-state index contributed by atoms with van der Waals surface area (Å²) < 4.78 is 26.0. The lowest BCUT2D eigenvalue weighted by molar-refractivity contribution is -0.122. The molecule has 1 rings (SSSR count). The van der Waals surface area contributed by atoms with Gasteiger partial charge in [0.05, 0.1) is 11.9 Å². The van der Waals surface area contributed by atoms with E-state index in [1.807, 2.05) is 39.8 Å². The van der Waals surface area contributed by atoms with Crippen LogP contribution in [0.25, 0.3) is 0 Å². The largest absolute Gasteiger partial charge is 0.352 e. The van der Waals surface area contributed by atoms with Crippen LogP contribution in [-0.4, -0.2) is 32.7 Å². The number of nitrogens with zero attached hydrogens (tertiary/aromatic N) is 1. The molecule has 0 fully saturated rings. The molecule has 1 aromatic rings. The van der Waals surface area contributed by atoms with Crippen LogP contribution in [0.2, 0.25) is 0 Å². The molecule has 0 saturated heterocycles. The number of hydrogen-bond donors (Lipinski definition) is 1. The van der Waals surface area contributed by atoms with Crippen molar-refractivity contribution in [3.05, 3.63) is 29.3 Å². The molecule has 24 heavy (non-hydrogen) atoms. The Morgan fingerprint density at radius 1 is 1.21 bits per heavy atom. The van der Waals surface area contributed by atoms with Crippen LogP contribution in [0.1, 0.15) is 51.2 Å². The van der Waals surface area contributed by atoms with E-state index in [4.69, 9.17) is 0 Å². The zero-order valence-corrected chi connectivity index (χ0v) is 16.4. The van der Waals surface area contributed by atoms with E-state index in [2.05, 4.69) is 12.2 Å². The Labute approximate surface area is 146 Å². The van der Waals surface area contributed by atoms with E-state index in [1.165, 1.54) is 4.31 Å². The molecular formula is C18H30N2O3S. The van der Waals surface area contributed by atoms with E-state index in [-0.39, 0.29) is 11.9 Å². The van der Waals surface area contributed by atoms with Gasteiger partial charge >= 0.3 is 0 Å². The van der Waals surface area contributed by atoms with Gasteiger partial charge in [0.15, 0.2) is 0 Å². The van der Waals surface area contributed by atoms with Crippen LogP contribution in [0.4, 0.5) is 5.69 Å². The Bertz CT molecular complexity index is 671. The van der Waals surface area contributed by atoms with Crippen molar-refractivity contribution in [1.29, 1.82) is 0 Å². The first-order chi connectivity index (χ1) is 11.1. The molecule has 5 nitrogen and oxygen atoms in total. The van der Waals surface area contributed by atoms with Crippen molar-refractivity contribution < 1.29 is 13.2 Å². The Kier molecular flexibility index (Phi) is 7.27. The SMILES string of the molecule is CCCC(C)NC(=O)C(CC)N(c1ccc(C)c(C)c1)S(C)(=O)=O. The Hall–Kier alpha value is -1.56. The minimum absolute atomic E-state index is 0.0257. The van der Waals surface area contributed by atoms with E-state index in [0.29, 0.717) is 12.1 Å². The zero-order chi connectivity index (χ0) is 18.5. The fourth-order valence-electron chi connectivity index (χ4n) is 2.77. The number of aryl methyl sites for hydroxylation is 2. The van der Waals surface area contributed by atoms with Crippen molar-refractivity contribution in [1.82, 2.24) is 5.32 Å². The van der Waals surface area contributed by atoms with Gasteiger partial charge in [0.25, 0.3) is 0 Å². The van der Waals surface area contributed by atoms with Gasteiger partial charge in [0.2, 0.25) is 15.9 Å². The fourth-order valence-corrected chi connectivity index (χ4v) is 3.97. The average molecular weight is 355 g/mol. The maximum Gasteiger partial charge on any atom is 0.244 e. The lowest BCUT2D eigenvalue weighted by atomic mass is 10.1. The van der Waals surface area contributed by atoms with Crippen molar-refractivity contribution >= 4 is 21.6 Å². The molecule has 0 radical (unpaired) electrons. The zero-order valence-electron chi connectivity index (χ0n) is 15.6. The molecule has 1 amide bonds. The molecule has 0 saturated carbocycles. The predicted molar refractivity (Wildman–Crippen MR) is 99.8 cm³/mol. The highest BCUT2D eigenvalue weighted by molar-refractivity contribution is 7.92. The number of hydrogen-bond acceptors (Lipinski definition) is 3. The van der Waals surface area contributed by atoms with Crippen LogP contribution in [-0.2, 0) is 14.8 Å². The van der Waals surface area contributed by atoms with Crippen LogP contribution >= 0.6 is 0 Å². The van der Waals surface area contributed by atoms with Gasteiger partial charge in [-0.15, -0.1) is 0 Å². The molecule has 0 aliphatic carbocycles. The van der Waals surface area contributed by atoms with Gasteiger partial charge in [0.1, 0.15) is 6.04 Å². The van der Waals surface area contributed by atoms with Crippen LogP contribution in [0.15, 0.2) is 18.2 Å². The molecule has 0 aliphatic heterocycles. The van der Waals surface area contributed by atoms with Gasteiger partial charge in [-0.25, -0.2) is 8.42 Å². The Morgan fingerprint density at radius 3 is 2.29 bits per heavy atom. The van der Waals surface area contributed by atoms with Crippen LogP contribution in [0.5, 0.6) is 0 Å². The third-order valence-corrected chi connectivity index (χ3v) is 5.36. The molecule has 6 heteroatoms. The molecular weight excluding hydrogens is 324 g/mol. The van der Waals surface area contributed by atoms with E-state index < -0.39 is 16.1 Å². The lowest BCUT2D eigenvalue weighted by Crippen LogP contribution is -2.51. The van der Waals surface area contributed by atoms with Gasteiger partial charge in [0, 0.05) is 6.04 Å². The average Bonchev–Trinajstić information content (AvgIpc) is 2.46. The summed E-state index contributed by atoms with van der Waals surface area (Å²) in [4.78, 5) is 12.7. The molecule has 2 unspecified atom stereocenters. The van der Waals surface area contributed by atoms with Crippen molar-refractivity contribution in [2.45, 2.75) is 66.0 Å². The Balaban J connectivity index is 3.22. The highest BCUT2D eigenvalue weighted by Gasteiger charge is 2.32. The molecule has 1 aromatic carbocycles. The van der Waals surface area contributed by atoms with Gasteiger partial charge in [-0.1, -0.05) is 26.3 Å². The van der Waals surface area contributed by atoms with Crippen molar-refractivity contribution in [3.63, 3.8) is 0 Å². The van der Waals surface area contributed by atoms with Gasteiger partial charge in [-0.3, -0.25) is 9.10 Å². The normalized spacial score (nSPS) is 14.1. The minimum atomic E-state index is -3.58. The number of sulfonamides is 1. The second kappa shape index (κ2) is 8.51. The number of anilines is 1. The topological polar surface area (TPSA) is 66.5 Å². The van der Waals surface area contributed by atoms with Crippen LogP contribution in [0, 0.1) is 13.8 Å². The summed E-state index contributed by atoms with van der Waals surface area (Å²) in [6, 6.07) is 4.74. The Morgan fingerprint density at radius 2 is 1.83 bits per heavy atom. The van der Waals surface area contributed by atoms with Gasteiger partial charge < -0.3 is 5.32 Å². The van der Waals surface area contributed by atoms with E-state index in [1.54, 1.807) is 6.07 Å². The van der Waals surface area contributed by atoms with E-state index >= 15 is 0 Å². The maximum absolute atomic E-state index is 12.7. The summed E-state index contributed by atoms with van der Waals surface area (Å²) in [5, 5.41) is 2.94. The van der Waals surface area contributed by atoms with Crippen molar-refractivity contribution in [2.24, 2.45) is 0 Å². The first-order valence-corrected chi connectivity index (χ1v) is 10.3. The van der Waals surface area contributed by atoms with Crippen molar-refractivity contribution in [2.75, 3.05) is 10.6 Å². The number of carbonyl (C=O) groups is 1. The summed E-state index contributed by atoms with van der Waals surface area (Å²) in [5.41, 5.74) is 2.61. The molecule has 0 aromatic heterocycles. The summed E-state index contributed by atoms with van der Waals surface area (Å²) in [6.45, 7) is 9.73. The van der Waals surface area contributed by atoms with Gasteiger partial charge in [-0.05, 0) is 56.9 Å². The third kappa shape index (κ3) is 5.23. The molecule has 1 N–H and O–H groups in total. The predicted octanol–water partition coefficient (Wildman–Crippen LogP) is 3.15. The summed E-state index contributed by atoms with van der Waals surface area (Å²) in [6.07, 6.45) is 3.38. The highest BCUT2D eigenvalue weighted by Crippen LogP contribution is 2.25. The molecule has 136 valence electrons. The highest BCUT2D eigenvalue weighted by atomic mass is 32.2. The first kappa shape index (κ1) is 20.5. The van der Waals surface area contributed by atoms with Crippen molar-refractivity contribution in [3.8, 4) is 0 Å².